The number of hydrogen-bond acceptors (Lipinski definition) is 2. The second kappa shape index (κ2) is 6.21. The van der Waals surface area contributed by atoms with Gasteiger partial charge in [0.05, 0.1) is 6.54 Å². The highest BCUT2D eigenvalue weighted by molar-refractivity contribution is 6.30. The molecule has 1 rings (SSSR count). The summed E-state index contributed by atoms with van der Waals surface area (Å²) in [4.78, 5) is 24.6. The lowest BCUT2D eigenvalue weighted by atomic mass is 10.1. The van der Waals surface area contributed by atoms with E-state index in [1.54, 1.807) is 30.3 Å². The highest BCUT2D eigenvalue weighted by Gasteiger charge is 2.13. The predicted molar refractivity (Wildman–Crippen MR) is 68.2 cm³/mol. The monoisotopic (exact) mass is 251 g/mol. The number of benzene rings is 1. The van der Waals surface area contributed by atoms with Gasteiger partial charge in [0.15, 0.2) is 5.78 Å². The summed E-state index contributed by atoms with van der Waals surface area (Å²) in [6.07, 6.45) is 1.59. The Morgan fingerprint density at radius 3 is 2.41 bits per heavy atom. The smallest absolute Gasteiger partial charge is 0.220 e. The summed E-state index contributed by atoms with van der Waals surface area (Å²) in [6, 6.07) is 6.61. The Kier molecular flexibility index (Phi) is 4.91. The number of amides is 1. The van der Waals surface area contributed by atoms with Crippen molar-refractivity contribution in [1.29, 1.82) is 0 Å². The number of hydrogen-bond donors (Lipinski definition) is 0. The van der Waals surface area contributed by atoms with Crippen molar-refractivity contribution >= 4 is 23.3 Å². The van der Waals surface area contributed by atoms with Crippen LogP contribution in [0.2, 0.25) is 5.02 Å². The van der Waals surface area contributed by atoms with Crippen molar-refractivity contribution in [3.8, 4) is 0 Å². The zero-order valence-corrected chi connectivity index (χ0v) is 10.4. The van der Waals surface area contributed by atoms with E-state index in [-0.39, 0.29) is 18.2 Å². The number of carbonyl (C=O) groups excluding carboxylic acids is 2. The lowest BCUT2D eigenvalue weighted by Crippen LogP contribution is -2.34. The summed E-state index contributed by atoms with van der Waals surface area (Å²) >= 11 is 5.73. The van der Waals surface area contributed by atoms with Crippen molar-refractivity contribution in [3.05, 3.63) is 47.5 Å². The average molecular weight is 252 g/mol. The Morgan fingerprint density at radius 2 is 1.94 bits per heavy atom. The molecule has 0 unspecified atom stereocenters. The third kappa shape index (κ3) is 4.04. The third-order valence-electron chi connectivity index (χ3n) is 2.30. The maximum Gasteiger partial charge on any atom is 0.220 e. The van der Waals surface area contributed by atoms with E-state index >= 15 is 0 Å². The van der Waals surface area contributed by atoms with Crippen LogP contribution in [0, 0.1) is 0 Å². The van der Waals surface area contributed by atoms with Crippen LogP contribution < -0.4 is 0 Å². The molecule has 17 heavy (non-hydrogen) atoms. The summed E-state index contributed by atoms with van der Waals surface area (Å²) < 4.78 is 0. The zero-order valence-electron chi connectivity index (χ0n) is 9.65. The summed E-state index contributed by atoms with van der Waals surface area (Å²) in [7, 11) is 0. The molecule has 1 aromatic rings. The van der Waals surface area contributed by atoms with Crippen molar-refractivity contribution in [2.45, 2.75) is 6.92 Å². The van der Waals surface area contributed by atoms with Crippen molar-refractivity contribution < 1.29 is 9.59 Å². The normalized spacial score (nSPS) is 9.76. The molecule has 1 aromatic carbocycles. The molecule has 0 saturated heterocycles. The molecule has 0 fully saturated rings. The Balaban J connectivity index is 2.73. The predicted octanol–water partition coefficient (Wildman–Crippen LogP) is 2.56. The summed E-state index contributed by atoms with van der Waals surface area (Å²) in [6.45, 7) is 5.41. The largest absolute Gasteiger partial charge is 0.332 e. The van der Waals surface area contributed by atoms with Gasteiger partial charge < -0.3 is 4.90 Å². The van der Waals surface area contributed by atoms with E-state index in [9.17, 15) is 9.59 Å². The average Bonchev–Trinajstić information content (AvgIpc) is 2.29. The zero-order chi connectivity index (χ0) is 12.8. The molecule has 90 valence electrons. The lowest BCUT2D eigenvalue weighted by Gasteiger charge is -2.18. The standard InChI is InChI=1S/C13H14ClNO2/c1-3-8-15(10(2)16)9-13(17)11-4-6-12(14)7-5-11/h3-7H,1,8-9H2,2H3. The van der Waals surface area contributed by atoms with Gasteiger partial charge in [-0.25, -0.2) is 0 Å². The minimum atomic E-state index is -0.146. The Hall–Kier alpha value is -1.61. The molecule has 0 aliphatic heterocycles. The first kappa shape index (κ1) is 13.5. The highest BCUT2D eigenvalue weighted by atomic mass is 35.5. The summed E-state index contributed by atoms with van der Waals surface area (Å²) in [5, 5.41) is 0.580. The second-order valence-corrected chi connectivity index (χ2v) is 4.05. The van der Waals surface area contributed by atoms with E-state index in [1.165, 1.54) is 11.8 Å². The maximum absolute atomic E-state index is 11.9. The first-order chi connectivity index (χ1) is 8.04. The Labute approximate surface area is 106 Å². The van der Waals surface area contributed by atoms with Crippen LogP contribution in [0.1, 0.15) is 17.3 Å². The molecule has 0 saturated carbocycles. The quantitative estimate of drug-likeness (QED) is 0.596. The van der Waals surface area contributed by atoms with Gasteiger partial charge in [-0.2, -0.15) is 0 Å². The SMILES string of the molecule is C=CCN(CC(=O)c1ccc(Cl)cc1)C(C)=O. The van der Waals surface area contributed by atoms with Crippen LogP contribution >= 0.6 is 11.6 Å². The molecule has 4 heteroatoms. The molecule has 0 N–H and O–H groups in total. The minimum absolute atomic E-state index is 0.0585. The molecule has 0 aliphatic rings. The van der Waals surface area contributed by atoms with E-state index in [0.717, 1.165) is 0 Å². The van der Waals surface area contributed by atoms with Gasteiger partial charge in [-0.05, 0) is 24.3 Å². The number of ketones is 1. The molecule has 0 heterocycles. The number of carbonyl (C=O) groups is 2. The van der Waals surface area contributed by atoms with Crippen LogP contribution in [0.3, 0.4) is 0 Å². The van der Waals surface area contributed by atoms with Crippen LogP contribution in [0.15, 0.2) is 36.9 Å². The Morgan fingerprint density at radius 1 is 1.35 bits per heavy atom. The maximum atomic E-state index is 11.9. The summed E-state index contributed by atoms with van der Waals surface area (Å²) in [5.41, 5.74) is 0.546. The molecule has 0 bridgehead atoms. The van der Waals surface area contributed by atoms with Gasteiger partial charge in [-0.15, -0.1) is 6.58 Å². The fraction of sp³-hybridized carbons (Fsp3) is 0.231. The molecule has 0 aromatic heterocycles. The van der Waals surface area contributed by atoms with Gasteiger partial charge in [-0.1, -0.05) is 17.7 Å². The van der Waals surface area contributed by atoms with E-state index in [4.69, 9.17) is 11.6 Å². The minimum Gasteiger partial charge on any atom is -0.332 e. The van der Waals surface area contributed by atoms with Gasteiger partial charge in [0.2, 0.25) is 5.91 Å². The van der Waals surface area contributed by atoms with Gasteiger partial charge in [0.1, 0.15) is 0 Å². The molecule has 0 atom stereocenters. The molecule has 3 nitrogen and oxygen atoms in total. The van der Waals surface area contributed by atoms with Gasteiger partial charge in [0.25, 0.3) is 0 Å². The van der Waals surface area contributed by atoms with Crippen LogP contribution in [-0.4, -0.2) is 29.7 Å². The van der Waals surface area contributed by atoms with Crippen molar-refractivity contribution in [2.24, 2.45) is 0 Å². The van der Waals surface area contributed by atoms with E-state index in [0.29, 0.717) is 17.1 Å². The highest BCUT2D eigenvalue weighted by Crippen LogP contribution is 2.10. The fourth-order valence-corrected chi connectivity index (χ4v) is 1.49. The number of nitrogens with zero attached hydrogens (tertiary/aromatic N) is 1. The lowest BCUT2D eigenvalue weighted by molar-refractivity contribution is -0.127. The van der Waals surface area contributed by atoms with Gasteiger partial charge >= 0.3 is 0 Å². The van der Waals surface area contributed by atoms with Crippen LogP contribution in [0.4, 0.5) is 0 Å². The number of halogens is 1. The Bertz CT molecular complexity index is 426. The topological polar surface area (TPSA) is 37.4 Å². The van der Waals surface area contributed by atoms with Crippen LogP contribution in [-0.2, 0) is 4.79 Å². The first-order valence-corrected chi connectivity index (χ1v) is 5.57. The van der Waals surface area contributed by atoms with Crippen LogP contribution in [0.5, 0.6) is 0 Å². The van der Waals surface area contributed by atoms with E-state index < -0.39 is 0 Å². The number of rotatable bonds is 5. The van der Waals surface area contributed by atoms with E-state index in [2.05, 4.69) is 6.58 Å². The van der Waals surface area contributed by atoms with E-state index in [1.807, 2.05) is 0 Å². The van der Waals surface area contributed by atoms with Crippen molar-refractivity contribution in [3.63, 3.8) is 0 Å². The molecular formula is C13H14ClNO2. The molecule has 0 spiro atoms. The van der Waals surface area contributed by atoms with Gasteiger partial charge in [0, 0.05) is 24.1 Å². The third-order valence-corrected chi connectivity index (χ3v) is 2.55. The van der Waals surface area contributed by atoms with Crippen LogP contribution in [0.25, 0.3) is 0 Å². The second-order valence-electron chi connectivity index (χ2n) is 3.62. The molecule has 0 radical (unpaired) electrons. The molecule has 1 amide bonds. The van der Waals surface area contributed by atoms with Crippen molar-refractivity contribution in [2.75, 3.05) is 13.1 Å². The van der Waals surface area contributed by atoms with Crippen molar-refractivity contribution in [1.82, 2.24) is 4.90 Å². The first-order valence-electron chi connectivity index (χ1n) is 5.19. The molecular weight excluding hydrogens is 238 g/mol. The molecule has 0 aliphatic carbocycles. The number of Topliss-reactive ketones (excluding diaryl/α,β-unsaturated/α-hetero) is 1. The van der Waals surface area contributed by atoms with Gasteiger partial charge in [-0.3, -0.25) is 9.59 Å². The fourth-order valence-electron chi connectivity index (χ4n) is 1.36. The summed E-state index contributed by atoms with van der Waals surface area (Å²) in [5.74, 6) is -0.258.